The first-order valence-electron chi connectivity index (χ1n) is 5.03. The van der Waals surface area contributed by atoms with Gasteiger partial charge in [-0.2, -0.15) is 0 Å². The molecule has 2 heterocycles. The van der Waals surface area contributed by atoms with Crippen molar-refractivity contribution in [3.8, 4) is 0 Å². The van der Waals surface area contributed by atoms with E-state index in [-0.39, 0.29) is 0 Å². The summed E-state index contributed by atoms with van der Waals surface area (Å²) < 4.78 is 5.01. The first-order valence-corrected chi connectivity index (χ1v) is 5.85. The van der Waals surface area contributed by atoms with Gasteiger partial charge in [0.15, 0.2) is 0 Å². The normalized spacial score (nSPS) is 10.8. The average molecular weight is 221 g/mol. The summed E-state index contributed by atoms with van der Waals surface area (Å²) in [4.78, 5) is 2.79. The molecular formula is C12H15NOS. The van der Waals surface area contributed by atoms with E-state index in [2.05, 4.69) is 25.2 Å². The molecule has 1 N–H and O–H groups in total. The van der Waals surface area contributed by atoms with Gasteiger partial charge in [0.1, 0.15) is 0 Å². The molecule has 2 aromatic rings. The summed E-state index contributed by atoms with van der Waals surface area (Å²) in [5.74, 6) is 0. The van der Waals surface area contributed by atoms with Crippen LogP contribution in [0.15, 0.2) is 29.1 Å². The topological polar surface area (TPSA) is 25.2 Å². The van der Waals surface area contributed by atoms with Crippen LogP contribution in [-0.4, -0.2) is 0 Å². The second-order valence-corrected chi connectivity index (χ2v) is 5.13. The van der Waals surface area contributed by atoms with Gasteiger partial charge < -0.3 is 9.73 Å². The highest BCUT2D eigenvalue weighted by molar-refractivity contribution is 7.12. The SMILES string of the molecule is Cc1cc(CNCc2ccoc2)c(C)s1. The summed E-state index contributed by atoms with van der Waals surface area (Å²) in [6.07, 6.45) is 3.48. The zero-order valence-corrected chi connectivity index (χ0v) is 9.86. The van der Waals surface area contributed by atoms with Crippen molar-refractivity contribution in [1.82, 2.24) is 5.32 Å². The van der Waals surface area contributed by atoms with Gasteiger partial charge in [0.25, 0.3) is 0 Å². The lowest BCUT2D eigenvalue weighted by molar-refractivity contribution is 0.560. The maximum Gasteiger partial charge on any atom is 0.0947 e. The van der Waals surface area contributed by atoms with Crippen molar-refractivity contribution in [3.05, 3.63) is 45.5 Å². The largest absolute Gasteiger partial charge is 0.472 e. The van der Waals surface area contributed by atoms with Gasteiger partial charge in [0.2, 0.25) is 0 Å². The van der Waals surface area contributed by atoms with Crippen LogP contribution >= 0.6 is 11.3 Å². The fraction of sp³-hybridized carbons (Fsp3) is 0.333. The number of nitrogens with one attached hydrogen (secondary N) is 1. The van der Waals surface area contributed by atoms with Gasteiger partial charge in [0.05, 0.1) is 12.5 Å². The minimum absolute atomic E-state index is 0.866. The Morgan fingerprint density at radius 3 is 2.80 bits per heavy atom. The molecule has 2 nitrogen and oxygen atoms in total. The lowest BCUT2D eigenvalue weighted by Gasteiger charge is -2.01. The highest BCUT2D eigenvalue weighted by atomic mass is 32.1. The zero-order chi connectivity index (χ0) is 10.7. The van der Waals surface area contributed by atoms with E-state index in [1.807, 2.05) is 17.4 Å². The second kappa shape index (κ2) is 4.64. The molecule has 0 aliphatic carbocycles. The molecule has 0 amide bonds. The second-order valence-electron chi connectivity index (χ2n) is 3.67. The van der Waals surface area contributed by atoms with Gasteiger partial charge >= 0.3 is 0 Å². The molecule has 0 unspecified atom stereocenters. The molecule has 0 saturated carbocycles. The molecule has 0 bridgehead atoms. The zero-order valence-electron chi connectivity index (χ0n) is 9.04. The number of thiophene rings is 1. The highest BCUT2D eigenvalue weighted by Gasteiger charge is 2.02. The molecule has 3 heteroatoms. The molecule has 0 saturated heterocycles. The first kappa shape index (κ1) is 10.5. The predicted octanol–water partition coefficient (Wildman–Crippen LogP) is 3.25. The molecule has 0 aliphatic rings. The fourth-order valence-electron chi connectivity index (χ4n) is 1.59. The first-order chi connectivity index (χ1) is 7.25. The van der Waals surface area contributed by atoms with E-state index in [1.165, 1.54) is 20.9 Å². The fourth-order valence-corrected chi connectivity index (χ4v) is 2.54. The molecule has 0 radical (unpaired) electrons. The quantitative estimate of drug-likeness (QED) is 0.857. The number of furan rings is 1. The Bertz CT molecular complexity index is 417. The molecule has 0 spiro atoms. The van der Waals surface area contributed by atoms with E-state index >= 15 is 0 Å². The van der Waals surface area contributed by atoms with Crippen LogP contribution in [0.3, 0.4) is 0 Å². The summed E-state index contributed by atoms with van der Waals surface area (Å²) in [6, 6.07) is 4.24. The van der Waals surface area contributed by atoms with Gasteiger partial charge in [-0.1, -0.05) is 0 Å². The smallest absolute Gasteiger partial charge is 0.0947 e. The molecule has 0 aromatic carbocycles. The van der Waals surface area contributed by atoms with Crippen molar-refractivity contribution in [1.29, 1.82) is 0 Å². The minimum atomic E-state index is 0.866. The Labute approximate surface area is 93.9 Å². The van der Waals surface area contributed by atoms with Gasteiger partial charge in [-0.25, -0.2) is 0 Å². The van der Waals surface area contributed by atoms with E-state index in [0.717, 1.165) is 13.1 Å². The van der Waals surface area contributed by atoms with Gasteiger partial charge in [0, 0.05) is 28.4 Å². The van der Waals surface area contributed by atoms with Gasteiger partial charge in [-0.3, -0.25) is 0 Å². The van der Waals surface area contributed by atoms with E-state index in [4.69, 9.17) is 4.42 Å². The predicted molar refractivity (Wildman–Crippen MR) is 63.0 cm³/mol. The van der Waals surface area contributed by atoms with Gasteiger partial charge in [-0.05, 0) is 31.5 Å². The van der Waals surface area contributed by atoms with Crippen molar-refractivity contribution in [3.63, 3.8) is 0 Å². The van der Waals surface area contributed by atoms with E-state index in [1.54, 1.807) is 12.5 Å². The summed E-state index contributed by atoms with van der Waals surface area (Å²) in [5.41, 5.74) is 2.60. The van der Waals surface area contributed by atoms with Crippen LogP contribution in [0.1, 0.15) is 20.9 Å². The highest BCUT2D eigenvalue weighted by Crippen LogP contribution is 2.20. The van der Waals surface area contributed by atoms with Crippen LogP contribution in [0, 0.1) is 13.8 Å². The lowest BCUT2D eigenvalue weighted by Crippen LogP contribution is -2.12. The van der Waals surface area contributed by atoms with E-state index < -0.39 is 0 Å². The molecule has 15 heavy (non-hydrogen) atoms. The van der Waals surface area contributed by atoms with Crippen molar-refractivity contribution in [2.24, 2.45) is 0 Å². The van der Waals surface area contributed by atoms with Crippen LogP contribution in [0.2, 0.25) is 0 Å². The van der Waals surface area contributed by atoms with Crippen LogP contribution in [-0.2, 0) is 13.1 Å². The van der Waals surface area contributed by atoms with Gasteiger partial charge in [-0.15, -0.1) is 11.3 Å². The Hall–Kier alpha value is -1.06. The van der Waals surface area contributed by atoms with Crippen molar-refractivity contribution >= 4 is 11.3 Å². The molecule has 0 atom stereocenters. The van der Waals surface area contributed by atoms with Crippen LogP contribution in [0.5, 0.6) is 0 Å². The molecule has 2 rings (SSSR count). The molecule has 0 fully saturated rings. The van der Waals surface area contributed by atoms with Crippen molar-refractivity contribution in [2.45, 2.75) is 26.9 Å². The molecular weight excluding hydrogens is 206 g/mol. The maximum atomic E-state index is 5.01. The summed E-state index contributed by atoms with van der Waals surface area (Å²) >= 11 is 1.86. The third-order valence-corrected chi connectivity index (χ3v) is 3.38. The summed E-state index contributed by atoms with van der Waals surface area (Å²) in [5, 5.41) is 3.40. The monoisotopic (exact) mass is 221 g/mol. The van der Waals surface area contributed by atoms with E-state index in [9.17, 15) is 0 Å². The lowest BCUT2D eigenvalue weighted by atomic mass is 10.2. The van der Waals surface area contributed by atoms with Crippen molar-refractivity contribution in [2.75, 3.05) is 0 Å². The molecule has 0 aliphatic heterocycles. The number of hydrogen-bond donors (Lipinski definition) is 1. The van der Waals surface area contributed by atoms with Crippen LogP contribution in [0.4, 0.5) is 0 Å². The third kappa shape index (κ3) is 2.70. The summed E-state index contributed by atoms with van der Waals surface area (Å²) in [7, 11) is 0. The Balaban J connectivity index is 1.86. The molecule has 2 aromatic heterocycles. The standard InChI is InChI=1S/C12H15NOS/c1-9-5-12(10(2)15-9)7-13-6-11-3-4-14-8-11/h3-5,8,13H,6-7H2,1-2H3. The Kier molecular flexibility index (Phi) is 3.23. The maximum absolute atomic E-state index is 5.01. The average Bonchev–Trinajstić information content (AvgIpc) is 2.77. The number of aryl methyl sites for hydroxylation is 2. The van der Waals surface area contributed by atoms with Crippen LogP contribution in [0.25, 0.3) is 0 Å². The van der Waals surface area contributed by atoms with Crippen LogP contribution < -0.4 is 5.32 Å². The van der Waals surface area contributed by atoms with E-state index in [0.29, 0.717) is 0 Å². The molecule has 80 valence electrons. The third-order valence-electron chi connectivity index (χ3n) is 2.37. The minimum Gasteiger partial charge on any atom is -0.472 e. The Morgan fingerprint density at radius 1 is 1.33 bits per heavy atom. The number of rotatable bonds is 4. The number of hydrogen-bond acceptors (Lipinski definition) is 3. The van der Waals surface area contributed by atoms with Crippen molar-refractivity contribution < 1.29 is 4.42 Å². The summed E-state index contributed by atoms with van der Waals surface area (Å²) in [6.45, 7) is 6.12. The Morgan fingerprint density at radius 2 is 2.20 bits per heavy atom.